The number of carboxylic acids is 1. The summed E-state index contributed by atoms with van der Waals surface area (Å²) in [5.74, 6) is -1.04. The molecule has 1 N–H and O–H groups in total. The van der Waals surface area contributed by atoms with Crippen molar-refractivity contribution >= 4 is 29.2 Å². The first-order chi connectivity index (χ1) is 8.59. The van der Waals surface area contributed by atoms with Gasteiger partial charge in [0.15, 0.2) is 0 Å². The molecule has 0 aromatic heterocycles. The minimum atomic E-state index is -1.04. The second-order valence-corrected chi connectivity index (χ2v) is 4.87. The lowest BCUT2D eigenvalue weighted by Crippen LogP contribution is -2.35. The Kier molecular flexibility index (Phi) is 4.45. The summed E-state index contributed by atoms with van der Waals surface area (Å²) in [6.45, 7) is 3.48. The van der Waals surface area contributed by atoms with Crippen LogP contribution in [0.4, 0.5) is 0 Å². The molecule has 0 bridgehead atoms. The Bertz CT molecular complexity index is 459. The fourth-order valence-electron chi connectivity index (χ4n) is 1.89. The van der Waals surface area contributed by atoms with E-state index in [1.807, 2.05) is 0 Å². The van der Waals surface area contributed by atoms with E-state index in [-0.39, 0.29) is 10.6 Å². The fraction of sp³-hybridized carbons (Fsp3) is 0.417. The second kappa shape index (κ2) is 5.89. The van der Waals surface area contributed by atoms with E-state index in [1.54, 1.807) is 6.07 Å². The maximum absolute atomic E-state index is 11.0. The van der Waals surface area contributed by atoms with E-state index in [0.29, 0.717) is 30.3 Å². The Morgan fingerprint density at radius 3 is 2.61 bits per heavy atom. The molecular weight excluding hydrogens is 277 g/mol. The summed E-state index contributed by atoms with van der Waals surface area (Å²) in [6.07, 6.45) is 0. The molecule has 18 heavy (non-hydrogen) atoms. The number of carbonyl (C=O) groups is 1. The highest BCUT2D eigenvalue weighted by molar-refractivity contribution is 6.37. The van der Waals surface area contributed by atoms with Crippen LogP contribution in [-0.4, -0.2) is 42.3 Å². The number of ether oxygens (including phenoxy) is 1. The van der Waals surface area contributed by atoms with Crippen molar-refractivity contribution in [2.24, 2.45) is 0 Å². The third-order valence-corrected chi connectivity index (χ3v) is 3.69. The zero-order valence-electron chi connectivity index (χ0n) is 9.66. The lowest BCUT2D eigenvalue weighted by molar-refractivity contribution is 0.0342. The molecule has 1 aromatic rings. The maximum atomic E-state index is 11.0. The number of halogens is 2. The van der Waals surface area contributed by atoms with Crippen LogP contribution >= 0.6 is 23.2 Å². The molecule has 1 aliphatic rings. The molecular formula is C12H13Cl2NO3. The molecule has 1 saturated heterocycles. The maximum Gasteiger partial charge on any atom is 0.337 e. The van der Waals surface area contributed by atoms with Crippen molar-refractivity contribution in [3.63, 3.8) is 0 Å². The van der Waals surface area contributed by atoms with Gasteiger partial charge >= 0.3 is 5.97 Å². The molecule has 0 spiro atoms. The van der Waals surface area contributed by atoms with Gasteiger partial charge in [0.2, 0.25) is 0 Å². The average Bonchev–Trinajstić information content (AvgIpc) is 2.35. The molecule has 1 aliphatic heterocycles. The van der Waals surface area contributed by atoms with Crippen LogP contribution in [0, 0.1) is 0 Å². The highest BCUT2D eigenvalue weighted by atomic mass is 35.5. The van der Waals surface area contributed by atoms with Gasteiger partial charge in [-0.1, -0.05) is 23.2 Å². The normalized spacial score (nSPS) is 16.8. The predicted molar refractivity (Wildman–Crippen MR) is 69.5 cm³/mol. The Hall–Kier alpha value is -0.810. The van der Waals surface area contributed by atoms with Crippen LogP contribution in [-0.2, 0) is 11.3 Å². The highest BCUT2D eigenvalue weighted by Gasteiger charge is 2.19. The van der Waals surface area contributed by atoms with Crippen LogP contribution < -0.4 is 0 Å². The van der Waals surface area contributed by atoms with E-state index in [0.717, 1.165) is 13.1 Å². The Morgan fingerprint density at radius 2 is 2.00 bits per heavy atom. The van der Waals surface area contributed by atoms with Crippen LogP contribution in [0.1, 0.15) is 15.9 Å². The molecule has 1 aromatic carbocycles. The monoisotopic (exact) mass is 289 g/mol. The zero-order valence-corrected chi connectivity index (χ0v) is 11.2. The van der Waals surface area contributed by atoms with Gasteiger partial charge in [0, 0.05) is 30.2 Å². The number of carboxylic acid groups (broad SMARTS) is 1. The quantitative estimate of drug-likeness (QED) is 0.929. The third-order valence-electron chi connectivity index (χ3n) is 2.90. The Morgan fingerprint density at radius 1 is 1.33 bits per heavy atom. The Balaban J connectivity index is 2.25. The van der Waals surface area contributed by atoms with E-state index >= 15 is 0 Å². The minimum absolute atomic E-state index is 0.0873. The van der Waals surface area contributed by atoms with Crippen LogP contribution in [0.2, 0.25) is 10.0 Å². The fourth-order valence-corrected chi connectivity index (χ4v) is 2.46. The topological polar surface area (TPSA) is 49.8 Å². The lowest BCUT2D eigenvalue weighted by atomic mass is 10.1. The van der Waals surface area contributed by atoms with Crippen molar-refractivity contribution in [1.29, 1.82) is 0 Å². The first kappa shape index (κ1) is 13.6. The molecule has 0 saturated carbocycles. The van der Waals surface area contributed by atoms with Gasteiger partial charge in [0.05, 0.1) is 23.8 Å². The number of rotatable bonds is 3. The first-order valence-electron chi connectivity index (χ1n) is 5.60. The zero-order chi connectivity index (χ0) is 13.1. The molecule has 4 nitrogen and oxygen atoms in total. The molecule has 0 aliphatic carbocycles. The SMILES string of the molecule is O=C(O)c1ccc(Cl)c(CN2CCOCC2)c1Cl. The summed E-state index contributed by atoms with van der Waals surface area (Å²) in [4.78, 5) is 13.2. The van der Waals surface area contributed by atoms with Gasteiger partial charge in [0.1, 0.15) is 0 Å². The van der Waals surface area contributed by atoms with Gasteiger partial charge in [-0.15, -0.1) is 0 Å². The smallest absolute Gasteiger partial charge is 0.337 e. The van der Waals surface area contributed by atoms with Crippen molar-refractivity contribution in [3.8, 4) is 0 Å². The van der Waals surface area contributed by atoms with Crippen molar-refractivity contribution in [1.82, 2.24) is 4.90 Å². The second-order valence-electron chi connectivity index (χ2n) is 4.08. The number of nitrogens with zero attached hydrogens (tertiary/aromatic N) is 1. The summed E-state index contributed by atoms with van der Waals surface area (Å²) in [7, 11) is 0. The van der Waals surface area contributed by atoms with E-state index in [4.69, 9.17) is 33.0 Å². The van der Waals surface area contributed by atoms with Gasteiger partial charge in [-0.25, -0.2) is 4.79 Å². The highest BCUT2D eigenvalue weighted by Crippen LogP contribution is 2.29. The molecule has 0 atom stereocenters. The summed E-state index contributed by atoms with van der Waals surface area (Å²) in [5.41, 5.74) is 0.754. The van der Waals surface area contributed by atoms with Gasteiger partial charge in [-0.3, -0.25) is 4.90 Å². The summed E-state index contributed by atoms with van der Waals surface area (Å²) in [5, 5.41) is 9.75. The third kappa shape index (κ3) is 2.95. The van der Waals surface area contributed by atoms with Crippen molar-refractivity contribution in [2.45, 2.75) is 6.54 Å². The standard InChI is InChI=1S/C12H13Cl2NO3/c13-10-2-1-8(12(16)17)11(14)9(10)7-15-3-5-18-6-4-15/h1-2H,3-7H2,(H,16,17). The van der Waals surface area contributed by atoms with Crippen molar-refractivity contribution in [2.75, 3.05) is 26.3 Å². The van der Waals surface area contributed by atoms with Crippen LogP contribution in [0.25, 0.3) is 0 Å². The van der Waals surface area contributed by atoms with Gasteiger partial charge in [0.25, 0.3) is 0 Å². The van der Waals surface area contributed by atoms with Gasteiger partial charge < -0.3 is 9.84 Å². The predicted octanol–water partition coefficient (Wildman–Crippen LogP) is 2.52. The van der Waals surface area contributed by atoms with E-state index in [1.165, 1.54) is 6.07 Å². The van der Waals surface area contributed by atoms with Crippen molar-refractivity contribution in [3.05, 3.63) is 33.3 Å². The number of morpholine rings is 1. The summed E-state index contributed by atoms with van der Waals surface area (Å²) in [6, 6.07) is 3.00. The van der Waals surface area contributed by atoms with Crippen LogP contribution in [0.5, 0.6) is 0 Å². The lowest BCUT2D eigenvalue weighted by Gasteiger charge is -2.27. The van der Waals surface area contributed by atoms with Crippen LogP contribution in [0.15, 0.2) is 12.1 Å². The van der Waals surface area contributed by atoms with Crippen molar-refractivity contribution < 1.29 is 14.6 Å². The number of benzene rings is 1. The number of hydrogen-bond acceptors (Lipinski definition) is 3. The van der Waals surface area contributed by atoms with Crippen LogP contribution in [0.3, 0.4) is 0 Å². The van der Waals surface area contributed by atoms with E-state index < -0.39 is 5.97 Å². The largest absolute Gasteiger partial charge is 0.478 e. The molecule has 2 rings (SSSR count). The molecule has 1 heterocycles. The van der Waals surface area contributed by atoms with E-state index in [9.17, 15) is 4.79 Å². The van der Waals surface area contributed by atoms with E-state index in [2.05, 4.69) is 4.90 Å². The van der Waals surface area contributed by atoms with Gasteiger partial charge in [-0.2, -0.15) is 0 Å². The summed E-state index contributed by atoms with van der Waals surface area (Å²) >= 11 is 12.2. The first-order valence-corrected chi connectivity index (χ1v) is 6.35. The number of hydrogen-bond donors (Lipinski definition) is 1. The Labute approximate surface area is 115 Å². The molecule has 1 fully saturated rings. The summed E-state index contributed by atoms with van der Waals surface area (Å²) < 4.78 is 5.26. The van der Waals surface area contributed by atoms with Gasteiger partial charge in [-0.05, 0) is 12.1 Å². The molecule has 6 heteroatoms. The molecule has 98 valence electrons. The molecule has 0 unspecified atom stereocenters. The molecule has 0 radical (unpaired) electrons. The molecule has 0 amide bonds. The number of aromatic carboxylic acids is 1. The minimum Gasteiger partial charge on any atom is -0.478 e. The average molecular weight is 290 g/mol.